The van der Waals surface area contributed by atoms with E-state index in [0.29, 0.717) is 5.01 Å². The van der Waals surface area contributed by atoms with Crippen LogP contribution in [0.15, 0.2) is 54.0 Å². The number of hydrogen-bond acceptors (Lipinski definition) is 5. The summed E-state index contributed by atoms with van der Waals surface area (Å²) in [7, 11) is 0. The first-order chi connectivity index (χ1) is 16.1. The molecule has 0 saturated carbocycles. The Morgan fingerprint density at radius 3 is 2.55 bits per heavy atom. The van der Waals surface area contributed by atoms with Gasteiger partial charge in [0.25, 0.3) is 5.91 Å². The fourth-order valence-electron chi connectivity index (χ4n) is 5.26. The number of amides is 1. The molecule has 0 radical (unpaired) electrons. The van der Waals surface area contributed by atoms with E-state index in [9.17, 15) is 4.79 Å². The lowest BCUT2D eigenvalue weighted by atomic mass is 10.1. The first kappa shape index (κ1) is 20.8. The zero-order valence-electron chi connectivity index (χ0n) is 18.3. The molecule has 0 aliphatic carbocycles. The molecule has 6 rings (SSSR count). The van der Waals surface area contributed by atoms with E-state index in [4.69, 9.17) is 16.6 Å². The maximum Gasteiger partial charge on any atom is 0.283 e. The minimum atomic E-state index is 0.0944. The number of pyridine rings is 1. The van der Waals surface area contributed by atoms with Crippen LogP contribution in [0.3, 0.4) is 0 Å². The second-order valence-corrected chi connectivity index (χ2v) is 10.2. The Morgan fingerprint density at radius 1 is 1.09 bits per heavy atom. The third-order valence-electron chi connectivity index (χ3n) is 6.71. The van der Waals surface area contributed by atoms with E-state index in [0.717, 1.165) is 60.1 Å². The van der Waals surface area contributed by atoms with Crippen LogP contribution in [0, 0.1) is 6.92 Å². The van der Waals surface area contributed by atoms with Crippen LogP contribution >= 0.6 is 22.9 Å². The maximum atomic E-state index is 13.2. The van der Waals surface area contributed by atoms with Crippen molar-refractivity contribution >= 4 is 34.5 Å². The van der Waals surface area contributed by atoms with Crippen molar-refractivity contribution in [2.45, 2.75) is 38.4 Å². The number of carbonyl (C=O) groups excluding carboxylic acids is 1. The van der Waals surface area contributed by atoms with E-state index in [1.54, 1.807) is 0 Å². The topological polar surface area (TPSA) is 53.7 Å². The number of nitrogens with zero attached hydrogens (tertiary/aromatic N) is 5. The molecule has 1 amide bonds. The normalized spacial score (nSPS) is 20.6. The predicted octanol–water partition coefficient (Wildman–Crippen LogP) is 4.91. The Labute approximate surface area is 201 Å². The molecule has 1 aromatic carbocycles. The summed E-state index contributed by atoms with van der Waals surface area (Å²) in [5.41, 5.74) is 5.07. The second kappa shape index (κ2) is 8.24. The number of thiazole rings is 1. The minimum Gasteiger partial charge on any atom is -0.328 e. The highest BCUT2D eigenvalue weighted by Gasteiger charge is 2.43. The van der Waals surface area contributed by atoms with Crippen molar-refractivity contribution in [2.75, 3.05) is 13.1 Å². The lowest BCUT2D eigenvalue weighted by Crippen LogP contribution is -2.55. The Hall–Kier alpha value is -2.74. The number of imidazole rings is 1. The quantitative estimate of drug-likeness (QED) is 0.419. The molecule has 2 saturated heterocycles. The molecule has 168 valence electrons. The van der Waals surface area contributed by atoms with E-state index in [2.05, 4.69) is 25.4 Å². The fourth-order valence-corrected chi connectivity index (χ4v) is 6.13. The van der Waals surface area contributed by atoms with Crippen LogP contribution in [0.5, 0.6) is 0 Å². The summed E-state index contributed by atoms with van der Waals surface area (Å²) < 4.78 is 2.18. The molecule has 0 N–H and O–H groups in total. The first-order valence-corrected chi connectivity index (χ1v) is 12.5. The van der Waals surface area contributed by atoms with Crippen molar-refractivity contribution in [2.24, 2.45) is 0 Å². The van der Waals surface area contributed by atoms with Crippen LogP contribution in [-0.4, -0.2) is 55.2 Å². The molecule has 33 heavy (non-hydrogen) atoms. The number of likely N-dealkylation sites (tertiary alicyclic amines) is 1. The summed E-state index contributed by atoms with van der Waals surface area (Å²) in [5, 5.41) is 3.29. The third kappa shape index (κ3) is 3.74. The van der Waals surface area contributed by atoms with Crippen molar-refractivity contribution in [1.29, 1.82) is 0 Å². The zero-order chi connectivity index (χ0) is 22.5. The molecular formula is C25H24ClN5OS. The number of halogens is 1. The molecule has 0 spiro atoms. The van der Waals surface area contributed by atoms with Crippen molar-refractivity contribution in [1.82, 2.24) is 24.2 Å². The number of fused-ring (bicyclic) bond motifs is 3. The van der Waals surface area contributed by atoms with E-state index in [1.165, 1.54) is 17.0 Å². The van der Waals surface area contributed by atoms with Crippen molar-refractivity contribution < 1.29 is 4.79 Å². The molecule has 2 unspecified atom stereocenters. The molecule has 4 aromatic rings. The lowest BCUT2D eigenvalue weighted by Gasteiger charge is -2.40. The number of aromatic nitrogens is 3. The highest BCUT2D eigenvalue weighted by molar-refractivity contribution is 7.11. The summed E-state index contributed by atoms with van der Waals surface area (Å²) in [6, 6.07) is 14.5. The van der Waals surface area contributed by atoms with E-state index in [1.807, 2.05) is 54.8 Å². The van der Waals surface area contributed by atoms with Crippen molar-refractivity contribution in [3.05, 3.63) is 75.5 Å². The number of benzene rings is 1. The molecule has 8 heteroatoms. The fraction of sp³-hybridized carbons (Fsp3) is 0.320. The molecule has 2 bridgehead atoms. The van der Waals surface area contributed by atoms with Gasteiger partial charge in [-0.05, 0) is 44.0 Å². The standard InChI is InChI=1S/C25H24ClN5OS/c1-16-15-33-24(27-16)25(32)31-19-9-10-20(31)13-29(12-19)14-21-23(17-5-7-18(26)8-6-17)28-22-4-2-3-11-30(21)22/h2-8,11,15,19-20H,9-10,12-14H2,1H3. The van der Waals surface area contributed by atoms with Gasteiger partial charge in [-0.1, -0.05) is 29.8 Å². The van der Waals surface area contributed by atoms with Gasteiger partial charge in [0.05, 0.1) is 11.4 Å². The minimum absolute atomic E-state index is 0.0944. The molecule has 6 nitrogen and oxygen atoms in total. The number of hydrogen-bond donors (Lipinski definition) is 0. The first-order valence-electron chi connectivity index (χ1n) is 11.3. The summed E-state index contributed by atoms with van der Waals surface area (Å²) in [6.07, 6.45) is 4.18. The van der Waals surface area contributed by atoms with Crippen LogP contribution in [0.1, 0.15) is 34.0 Å². The van der Waals surface area contributed by atoms with Crippen molar-refractivity contribution in [3.8, 4) is 11.3 Å². The molecule has 5 heterocycles. The number of rotatable bonds is 4. The summed E-state index contributed by atoms with van der Waals surface area (Å²) >= 11 is 7.58. The van der Waals surface area contributed by atoms with Gasteiger partial charge in [0.15, 0.2) is 5.01 Å². The third-order valence-corrected chi connectivity index (χ3v) is 7.91. The largest absolute Gasteiger partial charge is 0.328 e. The van der Waals surface area contributed by atoms with Gasteiger partial charge in [-0.15, -0.1) is 11.3 Å². The number of aryl methyl sites for hydroxylation is 1. The molecule has 2 atom stereocenters. The van der Waals surface area contributed by atoms with Crippen LogP contribution in [-0.2, 0) is 6.54 Å². The second-order valence-electron chi connectivity index (χ2n) is 8.93. The number of carbonyl (C=O) groups is 1. The van der Waals surface area contributed by atoms with Crippen molar-refractivity contribution in [3.63, 3.8) is 0 Å². The Kier molecular flexibility index (Phi) is 5.20. The van der Waals surface area contributed by atoms with E-state index in [-0.39, 0.29) is 18.0 Å². The average Bonchev–Trinajstić information content (AvgIpc) is 3.48. The average molecular weight is 478 g/mol. The van der Waals surface area contributed by atoms with Gasteiger partial charge in [-0.2, -0.15) is 0 Å². The van der Waals surface area contributed by atoms with Gasteiger partial charge in [-0.3, -0.25) is 9.69 Å². The van der Waals surface area contributed by atoms with E-state index >= 15 is 0 Å². The zero-order valence-corrected chi connectivity index (χ0v) is 19.9. The summed E-state index contributed by atoms with van der Waals surface area (Å²) in [4.78, 5) is 27.1. The van der Waals surface area contributed by atoms with Gasteiger partial charge in [-0.25, -0.2) is 9.97 Å². The summed E-state index contributed by atoms with van der Waals surface area (Å²) in [5.74, 6) is 0.0944. The SMILES string of the molecule is Cc1csc(C(=O)N2C3CCC2CN(Cc2c(-c4ccc(Cl)cc4)nc4ccccn24)C3)n1. The highest BCUT2D eigenvalue weighted by Crippen LogP contribution is 2.34. The summed E-state index contributed by atoms with van der Waals surface area (Å²) in [6.45, 7) is 4.46. The van der Waals surface area contributed by atoms with Gasteiger partial charge in [0, 0.05) is 59.6 Å². The molecule has 3 aromatic heterocycles. The van der Waals surface area contributed by atoms with Gasteiger partial charge < -0.3 is 9.30 Å². The smallest absolute Gasteiger partial charge is 0.283 e. The van der Waals surface area contributed by atoms with Crippen LogP contribution in [0.4, 0.5) is 0 Å². The Balaban J connectivity index is 1.28. The molecule has 2 aliphatic heterocycles. The van der Waals surface area contributed by atoms with Crippen LogP contribution in [0.25, 0.3) is 16.9 Å². The van der Waals surface area contributed by atoms with Crippen LogP contribution in [0.2, 0.25) is 5.02 Å². The maximum absolute atomic E-state index is 13.2. The predicted molar refractivity (Wildman–Crippen MR) is 131 cm³/mol. The Bertz CT molecular complexity index is 1320. The molecule has 2 aliphatic rings. The Morgan fingerprint density at radius 2 is 1.85 bits per heavy atom. The van der Waals surface area contributed by atoms with E-state index < -0.39 is 0 Å². The highest BCUT2D eigenvalue weighted by atomic mass is 35.5. The van der Waals surface area contributed by atoms with Crippen LogP contribution < -0.4 is 0 Å². The van der Waals surface area contributed by atoms with Gasteiger partial charge in [0.2, 0.25) is 0 Å². The van der Waals surface area contributed by atoms with Gasteiger partial charge in [0.1, 0.15) is 5.65 Å². The monoisotopic (exact) mass is 477 g/mol. The molecule has 2 fully saturated rings. The molecular weight excluding hydrogens is 454 g/mol. The number of piperazine rings is 1. The van der Waals surface area contributed by atoms with Gasteiger partial charge >= 0.3 is 0 Å². The lowest BCUT2D eigenvalue weighted by molar-refractivity contribution is 0.0402.